The molecule has 1 saturated heterocycles. The van der Waals surface area contributed by atoms with Gasteiger partial charge in [-0.3, -0.25) is 0 Å². The van der Waals surface area contributed by atoms with Crippen LogP contribution in [0.2, 0.25) is 0 Å². The highest BCUT2D eigenvalue weighted by Gasteiger charge is 2.24. The lowest BCUT2D eigenvalue weighted by molar-refractivity contribution is 0.581. The van der Waals surface area contributed by atoms with Crippen LogP contribution in [0, 0.1) is 0 Å². The van der Waals surface area contributed by atoms with Crippen LogP contribution >= 0.6 is 11.8 Å². The zero-order valence-corrected chi connectivity index (χ0v) is 5.59. The quantitative estimate of drug-likeness (QED) is 0.543. The normalized spacial score (nSPS) is 40.3. The summed E-state index contributed by atoms with van der Waals surface area (Å²) in [6, 6.07) is 0.796. The second-order valence-corrected chi connectivity index (χ2v) is 3.34. The summed E-state index contributed by atoms with van der Waals surface area (Å²) >= 11 is 2.03. The molecule has 2 heteroatoms. The molecule has 0 saturated carbocycles. The fourth-order valence-electron chi connectivity index (χ4n) is 0.703. The van der Waals surface area contributed by atoms with Crippen molar-refractivity contribution in [3.05, 3.63) is 0 Å². The van der Waals surface area contributed by atoms with Crippen molar-refractivity contribution in [2.24, 2.45) is 0 Å². The summed E-state index contributed by atoms with van der Waals surface area (Å²) in [6.45, 7) is 2.26. The molecule has 1 heterocycles. The Morgan fingerprint density at radius 3 is 2.43 bits per heavy atom. The Morgan fingerprint density at radius 2 is 2.43 bits per heavy atom. The third kappa shape index (κ3) is 0.916. The molecule has 1 N–H and O–H groups in total. The summed E-state index contributed by atoms with van der Waals surface area (Å²) in [5.41, 5.74) is 0. The van der Waals surface area contributed by atoms with Crippen molar-refractivity contribution in [1.29, 1.82) is 0 Å². The molecule has 0 aromatic carbocycles. The minimum absolute atomic E-state index is 0.796. The van der Waals surface area contributed by atoms with E-state index in [0.717, 1.165) is 11.3 Å². The first-order valence-corrected chi connectivity index (χ1v) is 3.68. The van der Waals surface area contributed by atoms with Gasteiger partial charge in [0, 0.05) is 17.0 Å². The molecule has 0 amide bonds. The van der Waals surface area contributed by atoms with Gasteiger partial charge < -0.3 is 5.32 Å². The van der Waals surface area contributed by atoms with Gasteiger partial charge >= 0.3 is 0 Å². The van der Waals surface area contributed by atoms with Crippen molar-refractivity contribution >= 4 is 11.8 Å². The van der Waals surface area contributed by atoms with Gasteiger partial charge in [0.25, 0.3) is 0 Å². The van der Waals surface area contributed by atoms with E-state index < -0.39 is 0 Å². The summed E-state index contributed by atoms with van der Waals surface area (Å²) < 4.78 is 0. The molecule has 1 rings (SSSR count). The van der Waals surface area contributed by atoms with Gasteiger partial charge in [-0.2, -0.15) is 11.8 Å². The zero-order chi connectivity index (χ0) is 5.28. The second kappa shape index (κ2) is 2.05. The predicted molar refractivity (Wildman–Crippen MR) is 34.8 cm³/mol. The van der Waals surface area contributed by atoms with Gasteiger partial charge in [-0.1, -0.05) is 6.92 Å². The highest BCUT2D eigenvalue weighted by Crippen LogP contribution is 2.26. The average molecular weight is 117 g/mol. The molecule has 2 unspecified atom stereocenters. The molecular formula is C5H11NS. The smallest absolute Gasteiger partial charge is 0.0271 e. The first-order valence-electron chi connectivity index (χ1n) is 2.63. The lowest BCUT2D eigenvalue weighted by Gasteiger charge is -2.32. The molecule has 0 spiro atoms. The maximum Gasteiger partial charge on any atom is 0.0271 e. The summed E-state index contributed by atoms with van der Waals surface area (Å²) in [4.78, 5) is 0. The molecule has 1 aliphatic heterocycles. The SMILES string of the molecule is CNC1CSC1C. The fourth-order valence-corrected chi connectivity index (χ4v) is 1.78. The maximum atomic E-state index is 3.23. The lowest BCUT2D eigenvalue weighted by atomic mass is 10.2. The molecule has 1 aliphatic rings. The van der Waals surface area contributed by atoms with Crippen molar-refractivity contribution in [3.63, 3.8) is 0 Å². The van der Waals surface area contributed by atoms with Crippen molar-refractivity contribution in [2.45, 2.75) is 18.2 Å². The van der Waals surface area contributed by atoms with E-state index in [9.17, 15) is 0 Å². The second-order valence-electron chi connectivity index (χ2n) is 1.93. The van der Waals surface area contributed by atoms with Crippen LogP contribution in [0.25, 0.3) is 0 Å². The maximum absolute atomic E-state index is 3.23. The Kier molecular flexibility index (Phi) is 1.60. The van der Waals surface area contributed by atoms with Crippen LogP contribution in [0.4, 0.5) is 0 Å². The molecule has 0 bridgehead atoms. The molecular weight excluding hydrogens is 106 g/mol. The van der Waals surface area contributed by atoms with Crippen LogP contribution in [-0.4, -0.2) is 24.1 Å². The summed E-state index contributed by atoms with van der Waals surface area (Å²) in [5.74, 6) is 1.30. The largest absolute Gasteiger partial charge is 0.315 e. The third-order valence-corrected chi connectivity index (χ3v) is 2.88. The number of nitrogens with one attached hydrogen (secondary N) is 1. The first-order chi connectivity index (χ1) is 3.34. The molecule has 7 heavy (non-hydrogen) atoms. The van der Waals surface area contributed by atoms with Crippen LogP contribution in [0.1, 0.15) is 6.92 Å². The van der Waals surface area contributed by atoms with Gasteiger partial charge in [-0.05, 0) is 7.05 Å². The lowest BCUT2D eigenvalue weighted by Crippen LogP contribution is -2.44. The van der Waals surface area contributed by atoms with Crippen LogP contribution in [0.3, 0.4) is 0 Å². The van der Waals surface area contributed by atoms with E-state index in [-0.39, 0.29) is 0 Å². The molecule has 1 nitrogen and oxygen atoms in total. The molecule has 0 aromatic heterocycles. The molecule has 42 valence electrons. The van der Waals surface area contributed by atoms with E-state index in [2.05, 4.69) is 12.2 Å². The van der Waals surface area contributed by atoms with Gasteiger partial charge in [-0.25, -0.2) is 0 Å². The van der Waals surface area contributed by atoms with Gasteiger partial charge in [0.1, 0.15) is 0 Å². The first kappa shape index (κ1) is 5.45. The Balaban J connectivity index is 2.16. The predicted octanol–water partition coefficient (Wildman–Crippen LogP) is 0.710. The van der Waals surface area contributed by atoms with Crippen LogP contribution < -0.4 is 5.32 Å². The summed E-state index contributed by atoms with van der Waals surface area (Å²) in [6.07, 6.45) is 0. The van der Waals surface area contributed by atoms with Gasteiger partial charge in [0.2, 0.25) is 0 Å². The average Bonchev–Trinajstić information content (AvgIpc) is 1.65. The highest BCUT2D eigenvalue weighted by atomic mass is 32.2. The number of rotatable bonds is 1. The Labute approximate surface area is 48.9 Å². The molecule has 0 aromatic rings. The molecule has 0 aliphatic carbocycles. The highest BCUT2D eigenvalue weighted by molar-refractivity contribution is 8.01. The van der Waals surface area contributed by atoms with Gasteiger partial charge in [0.05, 0.1) is 0 Å². The van der Waals surface area contributed by atoms with Crippen LogP contribution in [0.15, 0.2) is 0 Å². The van der Waals surface area contributed by atoms with E-state index in [0.29, 0.717) is 0 Å². The third-order valence-electron chi connectivity index (χ3n) is 1.48. The molecule has 0 radical (unpaired) electrons. The van der Waals surface area contributed by atoms with Crippen LogP contribution in [-0.2, 0) is 0 Å². The summed E-state index contributed by atoms with van der Waals surface area (Å²) in [5, 5.41) is 4.08. The zero-order valence-electron chi connectivity index (χ0n) is 4.77. The van der Waals surface area contributed by atoms with Crippen molar-refractivity contribution in [1.82, 2.24) is 5.32 Å². The minimum atomic E-state index is 0.796. The Hall–Kier alpha value is 0.310. The monoisotopic (exact) mass is 117 g/mol. The fraction of sp³-hybridized carbons (Fsp3) is 1.00. The molecule has 2 atom stereocenters. The van der Waals surface area contributed by atoms with Crippen molar-refractivity contribution in [2.75, 3.05) is 12.8 Å². The standard InChI is InChI=1S/C5H11NS/c1-4-5(6-2)3-7-4/h4-6H,3H2,1-2H3. The van der Waals surface area contributed by atoms with E-state index in [1.54, 1.807) is 0 Å². The number of hydrogen-bond acceptors (Lipinski definition) is 2. The topological polar surface area (TPSA) is 12.0 Å². The van der Waals surface area contributed by atoms with Crippen molar-refractivity contribution < 1.29 is 0 Å². The minimum Gasteiger partial charge on any atom is -0.315 e. The molecule has 1 fully saturated rings. The Morgan fingerprint density at radius 1 is 1.71 bits per heavy atom. The van der Waals surface area contributed by atoms with Crippen molar-refractivity contribution in [3.8, 4) is 0 Å². The van der Waals surface area contributed by atoms with E-state index in [1.807, 2.05) is 18.8 Å². The van der Waals surface area contributed by atoms with E-state index >= 15 is 0 Å². The van der Waals surface area contributed by atoms with E-state index in [4.69, 9.17) is 0 Å². The number of thioether (sulfide) groups is 1. The van der Waals surface area contributed by atoms with Gasteiger partial charge in [-0.15, -0.1) is 0 Å². The van der Waals surface area contributed by atoms with E-state index in [1.165, 1.54) is 5.75 Å². The number of hydrogen-bond donors (Lipinski definition) is 1. The summed E-state index contributed by atoms with van der Waals surface area (Å²) in [7, 11) is 2.03. The Bertz CT molecular complexity index is 63.1. The van der Waals surface area contributed by atoms with Gasteiger partial charge in [0.15, 0.2) is 0 Å². The van der Waals surface area contributed by atoms with Crippen LogP contribution in [0.5, 0.6) is 0 Å².